The van der Waals surface area contributed by atoms with Gasteiger partial charge in [-0.25, -0.2) is 0 Å². The molecule has 2 aromatic rings. The Morgan fingerprint density at radius 3 is 1.48 bits per heavy atom. The molecule has 2 aromatic carbocycles. The first kappa shape index (κ1) is 25.2. The summed E-state index contributed by atoms with van der Waals surface area (Å²) >= 11 is 0. The van der Waals surface area contributed by atoms with Crippen LogP contribution in [0.15, 0.2) is 79.4 Å². The van der Waals surface area contributed by atoms with E-state index in [9.17, 15) is 0 Å². The van der Waals surface area contributed by atoms with E-state index in [-0.39, 0.29) is 0 Å². The van der Waals surface area contributed by atoms with Crippen LogP contribution in [0.5, 0.6) is 0 Å². The third-order valence-corrected chi connectivity index (χ3v) is 3.49. The minimum Gasteiger partial charge on any atom is -0.0999 e. The van der Waals surface area contributed by atoms with Crippen molar-refractivity contribution in [1.29, 1.82) is 0 Å². The van der Waals surface area contributed by atoms with Gasteiger partial charge in [-0.05, 0) is 37.3 Å². The van der Waals surface area contributed by atoms with E-state index in [1.165, 1.54) is 16.7 Å². The van der Waals surface area contributed by atoms with Crippen LogP contribution in [0.2, 0.25) is 0 Å². The maximum absolute atomic E-state index is 3.95. The largest absolute Gasteiger partial charge is 0.0999 e. The van der Waals surface area contributed by atoms with E-state index in [0.29, 0.717) is 5.92 Å². The van der Waals surface area contributed by atoms with Crippen molar-refractivity contribution in [2.45, 2.75) is 54.9 Å². The van der Waals surface area contributed by atoms with Gasteiger partial charge in [0.05, 0.1) is 0 Å². The second kappa shape index (κ2) is 16.8. The average molecular weight is 339 g/mol. The molecule has 1 unspecified atom stereocenters. The van der Waals surface area contributed by atoms with Crippen molar-refractivity contribution in [2.24, 2.45) is 5.92 Å². The first-order valence-electron chi connectivity index (χ1n) is 9.41. The number of benzene rings is 2. The molecule has 0 aromatic heterocycles. The Bertz CT molecular complexity index is 549. The summed E-state index contributed by atoms with van der Waals surface area (Å²) in [7, 11) is 0. The van der Waals surface area contributed by atoms with Gasteiger partial charge in [0, 0.05) is 0 Å². The van der Waals surface area contributed by atoms with Crippen molar-refractivity contribution < 1.29 is 0 Å². The summed E-state index contributed by atoms with van der Waals surface area (Å²) in [6, 6.07) is 20.7. The molecule has 0 radical (unpaired) electrons. The molecule has 0 N–H and O–H groups in total. The zero-order valence-electron chi connectivity index (χ0n) is 17.5. The van der Waals surface area contributed by atoms with Gasteiger partial charge >= 0.3 is 0 Å². The van der Waals surface area contributed by atoms with E-state index < -0.39 is 0 Å². The summed E-state index contributed by atoms with van der Waals surface area (Å²) in [5.74, 6) is 0.590. The SMILES string of the molecule is C=C(C)C(C)Cc1ccccc1.C=C(C)c1ccccc1.CC.CC. The second-order valence-electron chi connectivity index (χ2n) is 5.58. The van der Waals surface area contributed by atoms with Crippen LogP contribution in [-0.2, 0) is 6.42 Å². The van der Waals surface area contributed by atoms with Crippen molar-refractivity contribution in [3.63, 3.8) is 0 Å². The molecule has 0 aliphatic heterocycles. The fourth-order valence-corrected chi connectivity index (χ4v) is 1.86. The van der Waals surface area contributed by atoms with E-state index in [4.69, 9.17) is 0 Å². The van der Waals surface area contributed by atoms with Crippen LogP contribution in [0, 0.1) is 5.92 Å². The van der Waals surface area contributed by atoms with E-state index >= 15 is 0 Å². The minimum atomic E-state index is 0.590. The molecule has 138 valence electrons. The van der Waals surface area contributed by atoms with Crippen LogP contribution in [0.25, 0.3) is 5.57 Å². The molecule has 0 aliphatic rings. The van der Waals surface area contributed by atoms with Crippen LogP contribution < -0.4 is 0 Å². The Labute approximate surface area is 157 Å². The van der Waals surface area contributed by atoms with Crippen molar-refractivity contribution >= 4 is 5.57 Å². The summed E-state index contributed by atoms with van der Waals surface area (Å²) in [6.45, 7) is 22.1. The molecule has 2 rings (SSSR count). The van der Waals surface area contributed by atoms with Gasteiger partial charge in [0.15, 0.2) is 0 Å². The third kappa shape index (κ3) is 12.9. The smallest absolute Gasteiger partial charge is 0.0197 e. The Kier molecular flexibility index (Phi) is 16.9. The van der Waals surface area contributed by atoms with E-state index in [1.54, 1.807) is 0 Å². The van der Waals surface area contributed by atoms with Gasteiger partial charge in [-0.2, -0.15) is 0 Å². The number of hydrogen-bond acceptors (Lipinski definition) is 0. The standard InChI is InChI=1S/C12H16.C9H10.2C2H6/c1-10(2)11(3)9-12-7-5-4-6-8-12;1-8(2)9-6-4-3-5-7-9;2*1-2/h4-8,11H,1,9H2,2-3H3;3-7H,1H2,2H3;2*1-2H3. The Morgan fingerprint density at radius 2 is 1.16 bits per heavy atom. The average Bonchev–Trinajstić information content (AvgIpc) is 2.67. The lowest BCUT2D eigenvalue weighted by Gasteiger charge is -2.10. The third-order valence-electron chi connectivity index (χ3n) is 3.49. The highest BCUT2D eigenvalue weighted by molar-refractivity contribution is 5.60. The number of allylic oxidation sites excluding steroid dienone is 2. The van der Waals surface area contributed by atoms with Crippen LogP contribution in [-0.4, -0.2) is 0 Å². The lowest BCUT2D eigenvalue weighted by molar-refractivity contribution is 0.680. The van der Waals surface area contributed by atoms with Crippen LogP contribution in [0.4, 0.5) is 0 Å². The fraction of sp³-hybridized carbons (Fsp3) is 0.360. The minimum absolute atomic E-state index is 0.590. The number of rotatable bonds is 4. The predicted octanol–water partition coefficient (Wildman–Crippen LogP) is 8.21. The van der Waals surface area contributed by atoms with E-state index in [1.807, 2.05) is 52.8 Å². The first-order valence-corrected chi connectivity index (χ1v) is 9.41. The highest BCUT2D eigenvalue weighted by Gasteiger charge is 2.02. The fourth-order valence-electron chi connectivity index (χ4n) is 1.86. The Balaban J connectivity index is 0. The monoisotopic (exact) mass is 338 g/mol. The van der Waals surface area contributed by atoms with Crippen molar-refractivity contribution in [2.75, 3.05) is 0 Å². The molecule has 0 heterocycles. The van der Waals surface area contributed by atoms with Crippen molar-refractivity contribution in [3.05, 3.63) is 90.5 Å². The Morgan fingerprint density at radius 1 is 0.760 bits per heavy atom. The summed E-state index contributed by atoms with van der Waals surface area (Å²) < 4.78 is 0. The molecule has 0 spiro atoms. The summed E-state index contributed by atoms with van der Waals surface area (Å²) in [4.78, 5) is 0. The highest BCUT2D eigenvalue weighted by atomic mass is 14.1. The molecule has 0 bridgehead atoms. The molecule has 0 amide bonds. The summed E-state index contributed by atoms with van der Waals surface area (Å²) in [5.41, 5.74) is 5.00. The molecule has 25 heavy (non-hydrogen) atoms. The molecule has 0 nitrogen and oxygen atoms in total. The Hall–Kier alpha value is -2.08. The molecule has 1 atom stereocenters. The van der Waals surface area contributed by atoms with Crippen LogP contribution in [0.3, 0.4) is 0 Å². The van der Waals surface area contributed by atoms with Gasteiger partial charge in [0.1, 0.15) is 0 Å². The van der Waals surface area contributed by atoms with E-state index in [2.05, 4.69) is 69.5 Å². The van der Waals surface area contributed by atoms with Gasteiger partial charge in [-0.1, -0.05) is 120 Å². The van der Waals surface area contributed by atoms with Gasteiger partial charge in [-0.3, -0.25) is 0 Å². The summed E-state index contributed by atoms with van der Waals surface area (Å²) in [6.07, 6.45) is 1.11. The summed E-state index contributed by atoms with van der Waals surface area (Å²) in [5, 5.41) is 0. The normalized spacial score (nSPS) is 9.72. The second-order valence-corrected chi connectivity index (χ2v) is 5.58. The molecule has 0 saturated heterocycles. The molecule has 0 heteroatoms. The highest BCUT2D eigenvalue weighted by Crippen LogP contribution is 2.14. The zero-order valence-corrected chi connectivity index (χ0v) is 17.5. The molecule has 0 aliphatic carbocycles. The van der Waals surface area contributed by atoms with Gasteiger partial charge in [0.25, 0.3) is 0 Å². The van der Waals surface area contributed by atoms with Crippen molar-refractivity contribution in [1.82, 2.24) is 0 Å². The predicted molar refractivity (Wildman–Crippen MR) is 118 cm³/mol. The molecule has 0 fully saturated rings. The van der Waals surface area contributed by atoms with Crippen molar-refractivity contribution in [3.8, 4) is 0 Å². The lowest BCUT2D eigenvalue weighted by Crippen LogP contribution is -1.99. The number of hydrogen-bond donors (Lipinski definition) is 0. The van der Waals surface area contributed by atoms with Crippen LogP contribution >= 0.6 is 0 Å². The van der Waals surface area contributed by atoms with Gasteiger partial charge < -0.3 is 0 Å². The van der Waals surface area contributed by atoms with E-state index in [0.717, 1.165) is 12.0 Å². The zero-order chi connectivity index (χ0) is 19.7. The lowest BCUT2D eigenvalue weighted by atomic mass is 9.96. The molecular weight excluding hydrogens is 300 g/mol. The van der Waals surface area contributed by atoms with Gasteiger partial charge in [-0.15, -0.1) is 0 Å². The molecule has 0 saturated carbocycles. The van der Waals surface area contributed by atoms with Crippen LogP contribution in [0.1, 0.15) is 59.6 Å². The maximum atomic E-state index is 3.95. The quantitative estimate of drug-likeness (QED) is 0.493. The topological polar surface area (TPSA) is 0 Å². The molecular formula is C25H38. The first-order chi connectivity index (χ1) is 12.0. The maximum Gasteiger partial charge on any atom is -0.0197 e. The van der Waals surface area contributed by atoms with Gasteiger partial charge in [0.2, 0.25) is 0 Å².